The van der Waals surface area contributed by atoms with Crippen LogP contribution in [-0.4, -0.2) is 25.0 Å². The van der Waals surface area contributed by atoms with Crippen molar-refractivity contribution in [2.24, 2.45) is 5.41 Å². The number of rotatable bonds is 2. The summed E-state index contributed by atoms with van der Waals surface area (Å²) in [5, 5.41) is 6.40. The predicted octanol–water partition coefficient (Wildman–Crippen LogP) is 0.265. The molecule has 3 heteroatoms. The van der Waals surface area contributed by atoms with Gasteiger partial charge in [0.2, 0.25) is 5.91 Å². The summed E-state index contributed by atoms with van der Waals surface area (Å²) in [7, 11) is 0. The molecule has 0 aromatic rings. The van der Waals surface area contributed by atoms with Gasteiger partial charge in [0.25, 0.3) is 0 Å². The SMILES string of the molecule is CC(=O)NCC12CCC(C1)NC2. The van der Waals surface area contributed by atoms with Crippen molar-refractivity contribution < 1.29 is 4.79 Å². The molecule has 0 spiro atoms. The third kappa shape index (κ3) is 1.33. The molecule has 1 saturated carbocycles. The number of nitrogens with one attached hydrogen (secondary N) is 2. The second kappa shape index (κ2) is 2.73. The summed E-state index contributed by atoms with van der Waals surface area (Å²) in [6.45, 7) is 3.55. The summed E-state index contributed by atoms with van der Waals surface area (Å²) in [6, 6.07) is 0.735. The van der Waals surface area contributed by atoms with Crippen molar-refractivity contribution in [3.05, 3.63) is 0 Å². The Morgan fingerprint density at radius 2 is 2.58 bits per heavy atom. The van der Waals surface area contributed by atoms with E-state index in [4.69, 9.17) is 0 Å². The number of amides is 1. The first-order valence-corrected chi connectivity index (χ1v) is 4.68. The zero-order valence-electron chi connectivity index (χ0n) is 7.52. The molecular weight excluding hydrogens is 152 g/mol. The first-order valence-electron chi connectivity index (χ1n) is 4.68. The van der Waals surface area contributed by atoms with Crippen LogP contribution in [0.4, 0.5) is 0 Å². The van der Waals surface area contributed by atoms with Crippen LogP contribution in [0.3, 0.4) is 0 Å². The number of carbonyl (C=O) groups is 1. The van der Waals surface area contributed by atoms with Crippen LogP contribution in [0.2, 0.25) is 0 Å². The lowest BCUT2D eigenvalue weighted by molar-refractivity contribution is -0.119. The number of hydrogen-bond acceptors (Lipinski definition) is 2. The van der Waals surface area contributed by atoms with Crippen LogP contribution in [0, 0.1) is 5.41 Å². The van der Waals surface area contributed by atoms with E-state index in [1.807, 2.05) is 0 Å². The summed E-state index contributed by atoms with van der Waals surface area (Å²) < 4.78 is 0. The predicted molar refractivity (Wildman–Crippen MR) is 46.8 cm³/mol. The van der Waals surface area contributed by atoms with Crippen molar-refractivity contribution in [3.63, 3.8) is 0 Å². The smallest absolute Gasteiger partial charge is 0.216 e. The maximum atomic E-state index is 10.7. The number of piperidine rings is 1. The van der Waals surface area contributed by atoms with Crippen molar-refractivity contribution in [2.75, 3.05) is 13.1 Å². The first kappa shape index (κ1) is 8.05. The Labute approximate surface area is 72.9 Å². The Morgan fingerprint density at radius 3 is 3.00 bits per heavy atom. The molecule has 2 unspecified atom stereocenters. The van der Waals surface area contributed by atoms with E-state index in [1.54, 1.807) is 6.92 Å². The number of carbonyl (C=O) groups excluding carboxylic acids is 1. The minimum Gasteiger partial charge on any atom is -0.356 e. The van der Waals surface area contributed by atoms with E-state index < -0.39 is 0 Å². The summed E-state index contributed by atoms with van der Waals surface area (Å²) in [5.74, 6) is 0.0970. The summed E-state index contributed by atoms with van der Waals surface area (Å²) in [6.07, 6.45) is 3.83. The molecule has 2 atom stereocenters. The molecule has 2 rings (SSSR count). The molecule has 1 heterocycles. The molecule has 2 bridgehead atoms. The van der Waals surface area contributed by atoms with Gasteiger partial charge in [0.1, 0.15) is 0 Å². The Kier molecular flexibility index (Phi) is 1.83. The van der Waals surface area contributed by atoms with Crippen LogP contribution in [-0.2, 0) is 4.79 Å². The minimum atomic E-state index is 0.0970. The second-order valence-electron chi connectivity index (χ2n) is 4.23. The van der Waals surface area contributed by atoms with Crippen LogP contribution in [0.25, 0.3) is 0 Å². The highest BCUT2D eigenvalue weighted by Crippen LogP contribution is 2.42. The van der Waals surface area contributed by atoms with Gasteiger partial charge >= 0.3 is 0 Å². The molecule has 2 fully saturated rings. The zero-order valence-corrected chi connectivity index (χ0v) is 7.52. The molecule has 0 aromatic carbocycles. The standard InChI is InChI=1S/C9H16N2O/c1-7(12)10-5-9-3-2-8(4-9)11-6-9/h8,11H,2-6H2,1H3,(H,10,12). The van der Waals surface area contributed by atoms with Crippen LogP contribution in [0.15, 0.2) is 0 Å². The molecule has 68 valence electrons. The molecule has 3 nitrogen and oxygen atoms in total. The third-order valence-electron chi connectivity index (χ3n) is 3.18. The highest BCUT2D eigenvalue weighted by Gasteiger charge is 2.44. The third-order valence-corrected chi connectivity index (χ3v) is 3.18. The average Bonchev–Trinajstić information content (AvgIpc) is 2.60. The van der Waals surface area contributed by atoms with Gasteiger partial charge in [0, 0.05) is 31.5 Å². The Bertz CT molecular complexity index is 195. The maximum absolute atomic E-state index is 10.7. The topological polar surface area (TPSA) is 41.1 Å². The highest BCUT2D eigenvalue weighted by atomic mass is 16.1. The Hall–Kier alpha value is -0.570. The minimum absolute atomic E-state index is 0.0970. The molecule has 1 saturated heterocycles. The van der Waals surface area contributed by atoms with E-state index in [2.05, 4.69) is 10.6 Å². The Balaban J connectivity index is 1.90. The second-order valence-corrected chi connectivity index (χ2v) is 4.23. The lowest BCUT2D eigenvalue weighted by Crippen LogP contribution is -2.39. The van der Waals surface area contributed by atoms with Gasteiger partial charge in [-0.3, -0.25) is 4.79 Å². The molecule has 0 radical (unpaired) electrons. The lowest BCUT2D eigenvalue weighted by atomic mass is 9.87. The monoisotopic (exact) mass is 168 g/mol. The van der Waals surface area contributed by atoms with Crippen molar-refractivity contribution in [1.82, 2.24) is 10.6 Å². The average molecular weight is 168 g/mol. The van der Waals surface area contributed by atoms with Crippen LogP contribution in [0.1, 0.15) is 26.2 Å². The number of hydrogen-bond donors (Lipinski definition) is 2. The summed E-state index contributed by atoms with van der Waals surface area (Å²) in [4.78, 5) is 10.7. The zero-order chi connectivity index (χ0) is 8.60. The molecule has 1 aliphatic heterocycles. The van der Waals surface area contributed by atoms with Crippen molar-refractivity contribution in [1.29, 1.82) is 0 Å². The van der Waals surface area contributed by atoms with E-state index in [1.165, 1.54) is 19.3 Å². The van der Waals surface area contributed by atoms with E-state index in [0.29, 0.717) is 5.41 Å². The van der Waals surface area contributed by atoms with Crippen LogP contribution < -0.4 is 10.6 Å². The van der Waals surface area contributed by atoms with E-state index in [0.717, 1.165) is 19.1 Å². The quantitative estimate of drug-likeness (QED) is 0.621. The fraction of sp³-hybridized carbons (Fsp3) is 0.889. The fourth-order valence-corrected chi connectivity index (χ4v) is 2.44. The fourth-order valence-electron chi connectivity index (χ4n) is 2.44. The molecule has 0 aromatic heterocycles. The molecule has 1 amide bonds. The van der Waals surface area contributed by atoms with Gasteiger partial charge in [0.05, 0.1) is 0 Å². The molecule has 1 aliphatic carbocycles. The van der Waals surface area contributed by atoms with Gasteiger partial charge in [-0.1, -0.05) is 0 Å². The van der Waals surface area contributed by atoms with Gasteiger partial charge in [-0.05, 0) is 19.3 Å². The van der Waals surface area contributed by atoms with Crippen molar-refractivity contribution in [3.8, 4) is 0 Å². The number of fused-ring (bicyclic) bond motifs is 2. The van der Waals surface area contributed by atoms with Crippen LogP contribution >= 0.6 is 0 Å². The van der Waals surface area contributed by atoms with Gasteiger partial charge in [-0.15, -0.1) is 0 Å². The normalized spacial score (nSPS) is 38.6. The van der Waals surface area contributed by atoms with Gasteiger partial charge in [-0.25, -0.2) is 0 Å². The molecule has 12 heavy (non-hydrogen) atoms. The summed E-state index contributed by atoms with van der Waals surface area (Å²) >= 11 is 0. The van der Waals surface area contributed by atoms with Crippen molar-refractivity contribution in [2.45, 2.75) is 32.2 Å². The molecular formula is C9H16N2O. The van der Waals surface area contributed by atoms with E-state index in [9.17, 15) is 4.79 Å². The molecule has 2 aliphatic rings. The van der Waals surface area contributed by atoms with E-state index >= 15 is 0 Å². The highest BCUT2D eigenvalue weighted by molar-refractivity contribution is 5.72. The van der Waals surface area contributed by atoms with Gasteiger partial charge in [0.15, 0.2) is 0 Å². The van der Waals surface area contributed by atoms with Crippen molar-refractivity contribution >= 4 is 5.91 Å². The van der Waals surface area contributed by atoms with Gasteiger partial charge in [-0.2, -0.15) is 0 Å². The maximum Gasteiger partial charge on any atom is 0.216 e. The van der Waals surface area contributed by atoms with Crippen LogP contribution in [0.5, 0.6) is 0 Å². The lowest BCUT2D eigenvalue weighted by Gasteiger charge is -2.26. The summed E-state index contributed by atoms with van der Waals surface area (Å²) in [5.41, 5.74) is 0.399. The Morgan fingerprint density at radius 1 is 1.75 bits per heavy atom. The van der Waals surface area contributed by atoms with E-state index in [-0.39, 0.29) is 5.91 Å². The largest absolute Gasteiger partial charge is 0.356 e. The molecule has 2 N–H and O–H groups in total. The first-order chi connectivity index (χ1) is 5.70. The van der Waals surface area contributed by atoms with Gasteiger partial charge < -0.3 is 10.6 Å².